The second kappa shape index (κ2) is 9.11. The minimum atomic E-state index is -0.909. The quantitative estimate of drug-likeness (QED) is 0.791. The van der Waals surface area contributed by atoms with Crippen molar-refractivity contribution in [3.8, 4) is 5.75 Å². The van der Waals surface area contributed by atoms with Crippen LogP contribution in [0.5, 0.6) is 5.75 Å². The Kier molecular flexibility index (Phi) is 7.48. The van der Waals surface area contributed by atoms with Gasteiger partial charge in [0.15, 0.2) is 13.2 Å². The van der Waals surface area contributed by atoms with Crippen LogP contribution in [-0.4, -0.2) is 37.8 Å². The molecule has 0 saturated heterocycles. The SMILES string of the molecule is CCOC(=O)NC(=O)COC(=O)COc1ccc(Cl)cc1Cl. The van der Waals surface area contributed by atoms with Crippen molar-refractivity contribution in [1.82, 2.24) is 5.32 Å². The number of alkyl carbamates (subject to hydrolysis) is 1. The molecule has 0 aliphatic heterocycles. The van der Waals surface area contributed by atoms with Crippen LogP contribution < -0.4 is 10.1 Å². The number of halogens is 2. The average molecular weight is 350 g/mol. The fraction of sp³-hybridized carbons (Fsp3) is 0.308. The maximum atomic E-state index is 11.4. The van der Waals surface area contributed by atoms with Crippen molar-refractivity contribution in [2.24, 2.45) is 0 Å². The largest absolute Gasteiger partial charge is 0.480 e. The Hall–Kier alpha value is -1.99. The number of esters is 1. The minimum Gasteiger partial charge on any atom is -0.480 e. The molecule has 22 heavy (non-hydrogen) atoms. The molecule has 2 amide bonds. The summed E-state index contributed by atoms with van der Waals surface area (Å²) in [7, 11) is 0. The van der Waals surface area contributed by atoms with Crippen LogP contribution in [0.25, 0.3) is 0 Å². The van der Waals surface area contributed by atoms with Gasteiger partial charge in [0.2, 0.25) is 0 Å². The van der Waals surface area contributed by atoms with Crippen LogP contribution in [0, 0.1) is 0 Å². The molecular weight excluding hydrogens is 337 g/mol. The Morgan fingerprint density at radius 1 is 1.14 bits per heavy atom. The molecule has 120 valence electrons. The van der Waals surface area contributed by atoms with Gasteiger partial charge in [-0.05, 0) is 25.1 Å². The smallest absolute Gasteiger partial charge is 0.413 e. The van der Waals surface area contributed by atoms with Crippen LogP contribution in [0.3, 0.4) is 0 Å². The van der Waals surface area contributed by atoms with Gasteiger partial charge < -0.3 is 14.2 Å². The van der Waals surface area contributed by atoms with Crippen molar-refractivity contribution in [3.05, 3.63) is 28.2 Å². The standard InChI is InChI=1S/C13H13Cl2NO6/c1-2-20-13(19)16-11(17)6-22-12(18)7-21-10-4-3-8(14)5-9(10)15/h3-5H,2,6-7H2,1H3,(H,16,17,19). The molecule has 0 unspecified atom stereocenters. The van der Waals surface area contributed by atoms with E-state index >= 15 is 0 Å². The fourth-order valence-electron chi connectivity index (χ4n) is 1.23. The van der Waals surface area contributed by atoms with E-state index in [4.69, 9.17) is 27.9 Å². The van der Waals surface area contributed by atoms with Crippen molar-refractivity contribution >= 4 is 41.2 Å². The molecule has 1 aromatic carbocycles. The van der Waals surface area contributed by atoms with Crippen LogP contribution in [-0.2, 0) is 19.1 Å². The summed E-state index contributed by atoms with van der Waals surface area (Å²) in [6.45, 7) is 0.626. The maximum absolute atomic E-state index is 11.4. The summed E-state index contributed by atoms with van der Waals surface area (Å²) < 4.78 is 14.2. The van der Waals surface area contributed by atoms with Gasteiger partial charge in [0, 0.05) is 5.02 Å². The first-order valence-corrected chi connectivity index (χ1v) is 6.88. The van der Waals surface area contributed by atoms with E-state index < -0.39 is 31.2 Å². The van der Waals surface area contributed by atoms with Gasteiger partial charge in [-0.3, -0.25) is 10.1 Å². The molecule has 0 heterocycles. The van der Waals surface area contributed by atoms with Crippen LogP contribution in [0.1, 0.15) is 6.92 Å². The van der Waals surface area contributed by atoms with Crippen LogP contribution in [0.15, 0.2) is 18.2 Å². The van der Waals surface area contributed by atoms with E-state index in [0.717, 1.165) is 0 Å². The van der Waals surface area contributed by atoms with E-state index in [9.17, 15) is 14.4 Å². The highest BCUT2D eigenvalue weighted by atomic mass is 35.5. The first kappa shape index (κ1) is 18.1. The number of hydrogen-bond donors (Lipinski definition) is 1. The number of nitrogens with one attached hydrogen (secondary N) is 1. The van der Waals surface area contributed by atoms with Gasteiger partial charge in [0.05, 0.1) is 11.6 Å². The van der Waals surface area contributed by atoms with Gasteiger partial charge in [0.1, 0.15) is 5.75 Å². The highest BCUT2D eigenvalue weighted by Gasteiger charge is 2.12. The monoisotopic (exact) mass is 349 g/mol. The van der Waals surface area contributed by atoms with Crippen LogP contribution in [0.2, 0.25) is 10.0 Å². The number of amides is 2. The van der Waals surface area contributed by atoms with Crippen molar-refractivity contribution in [1.29, 1.82) is 0 Å². The maximum Gasteiger partial charge on any atom is 0.413 e. The summed E-state index contributed by atoms with van der Waals surface area (Å²) in [6, 6.07) is 4.49. The van der Waals surface area contributed by atoms with Crippen molar-refractivity contribution < 1.29 is 28.6 Å². The highest BCUT2D eigenvalue weighted by molar-refractivity contribution is 6.35. The predicted molar refractivity (Wildman–Crippen MR) is 78.1 cm³/mol. The summed E-state index contributed by atoms with van der Waals surface area (Å²) in [4.78, 5) is 33.6. The van der Waals surface area contributed by atoms with Crippen LogP contribution >= 0.6 is 23.2 Å². The number of hydrogen-bond acceptors (Lipinski definition) is 6. The summed E-state index contributed by atoms with van der Waals surface area (Å²) >= 11 is 11.6. The lowest BCUT2D eigenvalue weighted by Gasteiger charge is -2.08. The molecule has 1 N–H and O–H groups in total. The molecule has 9 heteroatoms. The summed E-state index contributed by atoms with van der Waals surface area (Å²) in [5.41, 5.74) is 0. The Labute approximate surface area is 136 Å². The Morgan fingerprint density at radius 3 is 2.50 bits per heavy atom. The molecule has 0 aliphatic carbocycles. The summed E-state index contributed by atoms with van der Waals surface area (Å²) in [6.07, 6.45) is -0.909. The van der Waals surface area contributed by atoms with Gasteiger partial charge in [0.25, 0.3) is 5.91 Å². The zero-order chi connectivity index (χ0) is 16.5. The number of benzene rings is 1. The van der Waals surface area contributed by atoms with Gasteiger partial charge in [-0.1, -0.05) is 23.2 Å². The molecule has 0 atom stereocenters. The second-order valence-corrected chi connectivity index (χ2v) is 4.64. The molecule has 1 rings (SSSR count). The van der Waals surface area contributed by atoms with Crippen molar-refractivity contribution in [2.45, 2.75) is 6.92 Å². The van der Waals surface area contributed by atoms with E-state index in [2.05, 4.69) is 9.47 Å². The molecule has 0 saturated carbocycles. The zero-order valence-electron chi connectivity index (χ0n) is 11.6. The van der Waals surface area contributed by atoms with Gasteiger partial charge >= 0.3 is 12.1 Å². The molecule has 0 aromatic heterocycles. The van der Waals surface area contributed by atoms with Crippen molar-refractivity contribution in [2.75, 3.05) is 19.8 Å². The normalized spacial score (nSPS) is 9.77. The summed E-state index contributed by atoms with van der Waals surface area (Å²) in [5.74, 6) is -1.36. The van der Waals surface area contributed by atoms with E-state index in [1.54, 1.807) is 13.0 Å². The molecule has 0 spiro atoms. The fourth-order valence-corrected chi connectivity index (χ4v) is 1.70. The third kappa shape index (κ3) is 6.64. The minimum absolute atomic E-state index is 0.120. The first-order chi connectivity index (χ1) is 10.4. The van der Waals surface area contributed by atoms with E-state index in [1.165, 1.54) is 12.1 Å². The Balaban J connectivity index is 2.31. The lowest BCUT2D eigenvalue weighted by molar-refractivity contribution is -0.150. The molecule has 0 fully saturated rings. The number of rotatable bonds is 6. The number of ether oxygens (including phenoxy) is 3. The summed E-state index contributed by atoms with van der Waals surface area (Å²) in [5, 5.41) is 2.53. The molecule has 7 nitrogen and oxygen atoms in total. The molecule has 0 radical (unpaired) electrons. The van der Waals surface area contributed by atoms with E-state index in [-0.39, 0.29) is 17.4 Å². The third-order valence-electron chi connectivity index (χ3n) is 2.12. The lowest BCUT2D eigenvalue weighted by Crippen LogP contribution is -2.35. The number of carbonyl (C=O) groups excluding carboxylic acids is 3. The average Bonchev–Trinajstić information content (AvgIpc) is 2.44. The number of imide groups is 1. The second-order valence-electron chi connectivity index (χ2n) is 3.79. The molecule has 0 aliphatic rings. The molecule has 1 aromatic rings. The number of carbonyl (C=O) groups is 3. The third-order valence-corrected chi connectivity index (χ3v) is 2.65. The molecular formula is C13H13Cl2NO6. The molecule has 0 bridgehead atoms. The Bertz CT molecular complexity index is 563. The highest BCUT2D eigenvalue weighted by Crippen LogP contribution is 2.27. The Morgan fingerprint density at radius 2 is 1.86 bits per heavy atom. The first-order valence-electron chi connectivity index (χ1n) is 6.12. The topological polar surface area (TPSA) is 90.9 Å². The van der Waals surface area contributed by atoms with Crippen LogP contribution in [0.4, 0.5) is 4.79 Å². The van der Waals surface area contributed by atoms with E-state index in [0.29, 0.717) is 5.02 Å². The zero-order valence-corrected chi connectivity index (χ0v) is 13.1. The van der Waals surface area contributed by atoms with Gasteiger partial charge in [-0.2, -0.15) is 0 Å². The van der Waals surface area contributed by atoms with Gasteiger partial charge in [-0.25, -0.2) is 9.59 Å². The van der Waals surface area contributed by atoms with E-state index in [1.807, 2.05) is 5.32 Å². The lowest BCUT2D eigenvalue weighted by atomic mass is 10.3. The van der Waals surface area contributed by atoms with Crippen molar-refractivity contribution in [3.63, 3.8) is 0 Å². The predicted octanol–water partition coefficient (Wildman–Crippen LogP) is 2.19. The van der Waals surface area contributed by atoms with Gasteiger partial charge in [-0.15, -0.1) is 0 Å².